The Morgan fingerprint density at radius 3 is 2.48 bits per heavy atom. The smallest absolute Gasteiger partial charge is 0.344 e. The third-order valence-electron chi connectivity index (χ3n) is 3.70. The van der Waals surface area contributed by atoms with Crippen LogP contribution in [-0.2, 0) is 20.9 Å². The number of carbonyl (C=O) groups is 3. The second kappa shape index (κ2) is 9.96. The van der Waals surface area contributed by atoms with Gasteiger partial charge in [-0.15, -0.1) is 0 Å². The van der Waals surface area contributed by atoms with Gasteiger partial charge in [0.2, 0.25) is 0 Å². The van der Waals surface area contributed by atoms with Crippen molar-refractivity contribution in [2.24, 2.45) is 0 Å². The number of amides is 1. The monoisotopic (exact) mass is 371 g/mol. The molecule has 7 heteroatoms. The van der Waals surface area contributed by atoms with Crippen LogP contribution in [0.4, 0.5) is 0 Å². The maximum absolute atomic E-state index is 12.1. The van der Waals surface area contributed by atoms with Gasteiger partial charge in [-0.25, -0.2) is 4.79 Å². The Kier molecular flexibility index (Phi) is 7.37. The molecule has 0 bridgehead atoms. The predicted octanol–water partition coefficient (Wildman–Crippen LogP) is 2.13. The van der Waals surface area contributed by atoms with Gasteiger partial charge in [-0.2, -0.15) is 0 Å². The number of aldehydes is 1. The molecule has 0 fully saturated rings. The van der Waals surface area contributed by atoms with E-state index in [1.807, 2.05) is 18.2 Å². The minimum Gasteiger partial charge on any atom is -0.496 e. The van der Waals surface area contributed by atoms with E-state index in [-0.39, 0.29) is 13.2 Å². The zero-order valence-electron chi connectivity index (χ0n) is 15.1. The van der Waals surface area contributed by atoms with Gasteiger partial charge in [0.1, 0.15) is 17.8 Å². The van der Waals surface area contributed by atoms with Crippen molar-refractivity contribution in [3.8, 4) is 11.5 Å². The highest BCUT2D eigenvalue weighted by Crippen LogP contribution is 2.16. The Morgan fingerprint density at radius 2 is 1.81 bits per heavy atom. The Balaban J connectivity index is 1.77. The molecule has 0 aliphatic carbocycles. The van der Waals surface area contributed by atoms with Gasteiger partial charge in [-0.1, -0.05) is 18.2 Å². The zero-order valence-corrected chi connectivity index (χ0v) is 15.1. The van der Waals surface area contributed by atoms with Crippen LogP contribution < -0.4 is 14.8 Å². The molecule has 27 heavy (non-hydrogen) atoms. The number of hydrogen-bond donors (Lipinski definition) is 1. The van der Waals surface area contributed by atoms with Gasteiger partial charge in [0.05, 0.1) is 7.11 Å². The summed E-state index contributed by atoms with van der Waals surface area (Å²) in [6.07, 6.45) is -0.253. The molecular weight excluding hydrogens is 350 g/mol. The third kappa shape index (κ3) is 6.14. The molecule has 1 amide bonds. The lowest BCUT2D eigenvalue weighted by molar-refractivity contribution is -0.156. The van der Waals surface area contributed by atoms with E-state index in [4.69, 9.17) is 14.2 Å². The van der Waals surface area contributed by atoms with Crippen LogP contribution in [-0.4, -0.2) is 38.0 Å². The lowest BCUT2D eigenvalue weighted by Crippen LogP contribution is -2.36. The number of esters is 1. The lowest BCUT2D eigenvalue weighted by Gasteiger charge is -2.15. The number of para-hydroxylation sites is 1. The van der Waals surface area contributed by atoms with Crippen LogP contribution in [0, 0.1) is 0 Å². The summed E-state index contributed by atoms with van der Waals surface area (Å²) in [7, 11) is 1.55. The molecule has 2 aromatic carbocycles. The summed E-state index contributed by atoms with van der Waals surface area (Å²) in [4.78, 5) is 34.5. The van der Waals surface area contributed by atoms with Crippen LogP contribution in [0.5, 0.6) is 11.5 Å². The molecule has 1 atom stereocenters. The first kappa shape index (κ1) is 20.0. The number of carbonyl (C=O) groups excluding carboxylic acids is 3. The van der Waals surface area contributed by atoms with Gasteiger partial charge < -0.3 is 19.5 Å². The van der Waals surface area contributed by atoms with Crippen LogP contribution in [0.1, 0.15) is 22.8 Å². The molecule has 0 radical (unpaired) electrons. The Hall–Kier alpha value is -3.35. The van der Waals surface area contributed by atoms with Crippen molar-refractivity contribution in [3.05, 3.63) is 59.7 Å². The van der Waals surface area contributed by atoms with E-state index < -0.39 is 18.0 Å². The summed E-state index contributed by atoms with van der Waals surface area (Å²) < 4.78 is 15.5. The van der Waals surface area contributed by atoms with Gasteiger partial charge in [0.15, 0.2) is 12.7 Å². The van der Waals surface area contributed by atoms with E-state index in [0.29, 0.717) is 23.3 Å². The van der Waals surface area contributed by atoms with Crippen LogP contribution in [0.15, 0.2) is 48.5 Å². The average Bonchev–Trinajstić information content (AvgIpc) is 2.70. The number of nitrogens with one attached hydrogen (secondary N) is 1. The van der Waals surface area contributed by atoms with Crippen LogP contribution in [0.25, 0.3) is 0 Å². The van der Waals surface area contributed by atoms with Crippen LogP contribution in [0.2, 0.25) is 0 Å². The second-order valence-electron chi connectivity index (χ2n) is 5.64. The van der Waals surface area contributed by atoms with E-state index in [2.05, 4.69) is 5.32 Å². The molecule has 1 N–H and O–H groups in total. The maximum Gasteiger partial charge on any atom is 0.344 e. The summed E-state index contributed by atoms with van der Waals surface area (Å²) in [5.74, 6) is -0.0127. The van der Waals surface area contributed by atoms with Gasteiger partial charge in [-0.3, -0.25) is 9.59 Å². The van der Waals surface area contributed by atoms with Crippen LogP contribution in [0.3, 0.4) is 0 Å². The average molecular weight is 371 g/mol. The molecule has 0 aliphatic heterocycles. The van der Waals surface area contributed by atoms with Crippen LogP contribution >= 0.6 is 0 Å². The molecule has 2 rings (SSSR count). The standard InChI is InChI=1S/C20H21NO6/c1-14(20(24)21-11-16-5-3-4-6-18(16)25-2)27-19(23)13-26-17-9-7-15(12-22)8-10-17/h3-10,12,14H,11,13H2,1-2H3,(H,21,24)/t14-/m0/s1. The summed E-state index contributed by atoms with van der Waals surface area (Å²) in [5, 5.41) is 2.70. The fourth-order valence-corrected chi connectivity index (χ4v) is 2.24. The van der Waals surface area contributed by atoms with Crippen molar-refractivity contribution in [1.82, 2.24) is 5.32 Å². The quantitative estimate of drug-likeness (QED) is 0.536. The minimum atomic E-state index is -0.965. The molecule has 0 heterocycles. The van der Waals surface area contributed by atoms with Gasteiger partial charge >= 0.3 is 5.97 Å². The third-order valence-corrected chi connectivity index (χ3v) is 3.70. The van der Waals surface area contributed by atoms with Gasteiger partial charge in [-0.05, 0) is 37.3 Å². The molecular formula is C20H21NO6. The first-order valence-electron chi connectivity index (χ1n) is 8.30. The summed E-state index contributed by atoms with van der Waals surface area (Å²) in [6, 6.07) is 13.6. The molecule has 0 aromatic heterocycles. The number of benzene rings is 2. The van der Waals surface area contributed by atoms with E-state index in [1.165, 1.54) is 6.92 Å². The zero-order chi connectivity index (χ0) is 19.6. The Morgan fingerprint density at radius 1 is 1.11 bits per heavy atom. The molecule has 0 saturated heterocycles. The van der Waals surface area contributed by atoms with Crippen molar-refractivity contribution in [2.75, 3.05) is 13.7 Å². The number of ether oxygens (including phenoxy) is 3. The molecule has 0 saturated carbocycles. The fraction of sp³-hybridized carbons (Fsp3) is 0.250. The normalized spacial score (nSPS) is 11.2. The van der Waals surface area contributed by atoms with Gasteiger partial charge in [0.25, 0.3) is 5.91 Å². The number of methoxy groups -OCH3 is 1. The first-order valence-corrected chi connectivity index (χ1v) is 8.30. The maximum atomic E-state index is 12.1. The van der Waals surface area contributed by atoms with Crippen molar-refractivity contribution in [1.29, 1.82) is 0 Å². The van der Waals surface area contributed by atoms with E-state index in [1.54, 1.807) is 37.4 Å². The lowest BCUT2D eigenvalue weighted by atomic mass is 10.2. The largest absolute Gasteiger partial charge is 0.496 e. The molecule has 2 aromatic rings. The van der Waals surface area contributed by atoms with Crippen molar-refractivity contribution in [3.63, 3.8) is 0 Å². The fourth-order valence-electron chi connectivity index (χ4n) is 2.24. The first-order chi connectivity index (χ1) is 13.0. The number of hydrogen-bond acceptors (Lipinski definition) is 6. The van der Waals surface area contributed by atoms with E-state index >= 15 is 0 Å². The number of rotatable bonds is 9. The van der Waals surface area contributed by atoms with Gasteiger partial charge in [0, 0.05) is 17.7 Å². The summed E-state index contributed by atoms with van der Waals surface area (Å²) in [5.41, 5.74) is 1.32. The highest BCUT2D eigenvalue weighted by Gasteiger charge is 2.18. The Labute approximate surface area is 157 Å². The topological polar surface area (TPSA) is 90.9 Å². The minimum absolute atomic E-state index is 0.254. The predicted molar refractivity (Wildman–Crippen MR) is 97.7 cm³/mol. The molecule has 142 valence electrons. The van der Waals surface area contributed by atoms with Crippen molar-refractivity contribution >= 4 is 18.2 Å². The Bertz CT molecular complexity index is 787. The SMILES string of the molecule is COc1ccccc1CNC(=O)[C@H](C)OC(=O)COc1ccc(C=O)cc1. The summed E-state index contributed by atoms with van der Waals surface area (Å²) >= 11 is 0. The van der Waals surface area contributed by atoms with Crippen molar-refractivity contribution < 1.29 is 28.6 Å². The molecule has 7 nitrogen and oxygen atoms in total. The van der Waals surface area contributed by atoms with Crippen molar-refractivity contribution in [2.45, 2.75) is 19.6 Å². The van der Waals surface area contributed by atoms with E-state index in [0.717, 1.165) is 5.56 Å². The second-order valence-corrected chi connectivity index (χ2v) is 5.64. The van der Waals surface area contributed by atoms with E-state index in [9.17, 15) is 14.4 Å². The molecule has 0 spiro atoms. The molecule has 0 aliphatic rings. The highest BCUT2D eigenvalue weighted by atomic mass is 16.6. The highest BCUT2D eigenvalue weighted by molar-refractivity contribution is 5.83. The summed E-state index contributed by atoms with van der Waals surface area (Å²) in [6.45, 7) is 1.39. The molecule has 0 unspecified atom stereocenters.